The van der Waals surface area contributed by atoms with E-state index in [1.54, 1.807) is 0 Å². The van der Waals surface area contributed by atoms with Crippen molar-refractivity contribution < 1.29 is 29.0 Å². The van der Waals surface area contributed by atoms with Crippen molar-refractivity contribution in [2.24, 2.45) is 5.92 Å². The summed E-state index contributed by atoms with van der Waals surface area (Å²) in [5, 5.41) is 11.3. The molecule has 23 heavy (non-hydrogen) atoms. The van der Waals surface area contributed by atoms with Crippen LogP contribution in [0.4, 0.5) is 4.79 Å². The Hall–Kier alpha value is -2.57. The second kappa shape index (κ2) is 6.68. The molecule has 1 amide bonds. The SMILES string of the molecule is CC1(C)OC(=O)C(C[C@H](Cc2ccccc2)NC(=O)O)C(=O)O1. The van der Waals surface area contributed by atoms with Gasteiger partial charge in [-0.05, 0) is 18.4 Å². The molecule has 1 fully saturated rings. The van der Waals surface area contributed by atoms with Crippen LogP contribution in [0.25, 0.3) is 0 Å². The number of ether oxygens (including phenoxy) is 2. The van der Waals surface area contributed by atoms with Gasteiger partial charge in [-0.1, -0.05) is 30.3 Å². The van der Waals surface area contributed by atoms with Crippen molar-refractivity contribution in [3.63, 3.8) is 0 Å². The third kappa shape index (κ3) is 4.70. The third-order valence-electron chi connectivity index (χ3n) is 3.43. The quantitative estimate of drug-likeness (QED) is 0.632. The van der Waals surface area contributed by atoms with Crippen LogP contribution in [0.15, 0.2) is 30.3 Å². The van der Waals surface area contributed by atoms with Gasteiger partial charge < -0.3 is 19.9 Å². The van der Waals surface area contributed by atoms with E-state index >= 15 is 0 Å². The molecule has 1 atom stereocenters. The largest absolute Gasteiger partial charge is 0.465 e. The molecule has 1 heterocycles. The zero-order valence-electron chi connectivity index (χ0n) is 12.9. The predicted molar refractivity (Wildman–Crippen MR) is 79.5 cm³/mol. The van der Waals surface area contributed by atoms with Crippen molar-refractivity contribution in [3.8, 4) is 0 Å². The number of hydrogen-bond donors (Lipinski definition) is 2. The smallest absolute Gasteiger partial charge is 0.404 e. The Morgan fingerprint density at radius 2 is 1.78 bits per heavy atom. The van der Waals surface area contributed by atoms with Crippen LogP contribution in [-0.4, -0.2) is 35.0 Å². The van der Waals surface area contributed by atoms with Gasteiger partial charge in [-0.25, -0.2) is 4.79 Å². The van der Waals surface area contributed by atoms with Crippen LogP contribution in [-0.2, 0) is 25.5 Å². The summed E-state index contributed by atoms with van der Waals surface area (Å²) in [5.41, 5.74) is 0.893. The van der Waals surface area contributed by atoms with Crippen LogP contribution < -0.4 is 5.32 Å². The Morgan fingerprint density at radius 1 is 1.22 bits per heavy atom. The van der Waals surface area contributed by atoms with Gasteiger partial charge in [-0.15, -0.1) is 0 Å². The molecule has 124 valence electrons. The number of benzene rings is 1. The van der Waals surface area contributed by atoms with Crippen molar-refractivity contribution in [1.29, 1.82) is 0 Å². The average Bonchev–Trinajstić information content (AvgIpc) is 2.42. The van der Waals surface area contributed by atoms with Crippen molar-refractivity contribution in [2.45, 2.75) is 38.5 Å². The van der Waals surface area contributed by atoms with E-state index in [0.717, 1.165) is 5.56 Å². The minimum Gasteiger partial charge on any atom is -0.465 e. The number of rotatable bonds is 5. The third-order valence-corrected chi connectivity index (χ3v) is 3.43. The minimum absolute atomic E-state index is 0.0189. The van der Waals surface area contributed by atoms with Crippen molar-refractivity contribution >= 4 is 18.0 Å². The number of hydrogen-bond acceptors (Lipinski definition) is 5. The zero-order chi connectivity index (χ0) is 17.0. The molecule has 2 N–H and O–H groups in total. The summed E-state index contributed by atoms with van der Waals surface area (Å²) in [6, 6.07) is 8.59. The lowest BCUT2D eigenvalue weighted by Crippen LogP contribution is -2.49. The predicted octanol–water partition coefficient (Wildman–Crippen LogP) is 1.71. The Kier molecular flexibility index (Phi) is 4.88. The molecule has 1 aliphatic rings. The van der Waals surface area contributed by atoms with Gasteiger partial charge in [0.25, 0.3) is 5.79 Å². The van der Waals surface area contributed by atoms with E-state index in [9.17, 15) is 14.4 Å². The first kappa shape index (κ1) is 16.8. The highest BCUT2D eigenvalue weighted by Gasteiger charge is 2.44. The molecule has 0 spiro atoms. The number of carbonyl (C=O) groups excluding carboxylic acids is 2. The molecular formula is C16H19NO6. The highest BCUT2D eigenvalue weighted by molar-refractivity contribution is 5.96. The minimum atomic E-state index is -1.29. The molecule has 7 nitrogen and oxygen atoms in total. The van der Waals surface area contributed by atoms with Gasteiger partial charge in [0.1, 0.15) is 0 Å². The summed E-state index contributed by atoms with van der Waals surface area (Å²) in [5.74, 6) is -3.82. The van der Waals surface area contributed by atoms with E-state index in [4.69, 9.17) is 14.6 Å². The van der Waals surface area contributed by atoms with Crippen LogP contribution >= 0.6 is 0 Å². The fraction of sp³-hybridized carbons (Fsp3) is 0.438. The van der Waals surface area contributed by atoms with Gasteiger partial charge in [0, 0.05) is 19.9 Å². The Balaban J connectivity index is 2.09. The first-order chi connectivity index (χ1) is 10.8. The maximum atomic E-state index is 12.0. The van der Waals surface area contributed by atoms with Gasteiger partial charge >= 0.3 is 18.0 Å². The Morgan fingerprint density at radius 3 is 2.30 bits per heavy atom. The van der Waals surface area contributed by atoms with Gasteiger partial charge in [0.15, 0.2) is 5.92 Å². The van der Waals surface area contributed by atoms with E-state index in [-0.39, 0.29) is 6.42 Å². The number of amides is 1. The number of nitrogens with one attached hydrogen (secondary N) is 1. The molecule has 0 radical (unpaired) electrons. The fourth-order valence-electron chi connectivity index (χ4n) is 2.49. The van der Waals surface area contributed by atoms with E-state index in [2.05, 4.69) is 5.32 Å². The number of carbonyl (C=O) groups is 3. The number of carboxylic acid groups (broad SMARTS) is 1. The first-order valence-electron chi connectivity index (χ1n) is 7.26. The standard InChI is InChI=1S/C16H19NO6/c1-16(2)22-13(18)12(14(19)23-16)9-11(17-15(20)21)8-10-6-4-3-5-7-10/h3-7,11-12,17H,8-9H2,1-2H3,(H,20,21)/t11-/m0/s1. The lowest BCUT2D eigenvalue weighted by molar-refractivity contribution is -0.240. The Bertz CT molecular complexity index is 578. The van der Waals surface area contributed by atoms with E-state index in [0.29, 0.717) is 6.42 Å². The van der Waals surface area contributed by atoms with E-state index in [1.165, 1.54) is 13.8 Å². The topological polar surface area (TPSA) is 102 Å². The summed E-state index contributed by atoms with van der Waals surface area (Å²) in [4.78, 5) is 35.0. The van der Waals surface area contributed by atoms with E-state index in [1.807, 2.05) is 30.3 Å². The van der Waals surface area contributed by atoms with Crippen LogP contribution in [0.3, 0.4) is 0 Å². The first-order valence-corrected chi connectivity index (χ1v) is 7.26. The van der Waals surface area contributed by atoms with Crippen LogP contribution in [0, 0.1) is 5.92 Å². The molecular weight excluding hydrogens is 302 g/mol. The highest BCUT2D eigenvalue weighted by Crippen LogP contribution is 2.26. The molecule has 2 rings (SSSR count). The summed E-state index contributed by atoms with van der Waals surface area (Å²) < 4.78 is 10.1. The zero-order valence-corrected chi connectivity index (χ0v) is 12.9. The molecule has 0 unspecified atom stereocenters. The molecule has 1 aromatic carbocycles. The molecule has 0 saturated carbocycles. The number of cyclic esters (lactones) is 2. The summed E-state index contributed by atoms with van der Waals surface area (Å²) in [6.45, 7) is 2.94. The highest BCUT2D eigenvalue weighted by atomic mass is 16.7. The van der Waals surface area contributed by atoms with Crippen molar-refractivity contribution in [3.05, 3.63) is 35.9 Å². The van der Waals surface area contributed by atoms with Crippen molar-refractivity contribution in [2.75, 3.05) is 0 Å². The van der Waals surface area contributed by atoms with Gasteiger partial charge in [-0.2, -0.15) is 0 Å². The van der Waals surface area contributed by atoms with Crippen molar-refractivity contribution in [1.82, 2.24) is 5.32 Å². The molecule has 0 aliphatic carbocycles. The van der Waals surface area contributed by atoms with Gasteiger partial charge in [0.05, 0.1) is 0 Å². The lowest BCUT2D eigenvalue weighted by atomic mass is 9.94. The molecule has 1 aromatic rings. The van der Waals surface area contributed by atoms with Crippen LogP contribution in [0.5, 0.6) is 0 Å². The van der Waals surface area contributed by atoms with Gasteiger partial charge in [-0.3, -0.25) is 9.59 Å². The average molecular weight is 321 g/mol. The maximum absolute atomic E-state index is 12.0. The fourth-order valence-corrected chi connectivity index (χ4v) is 2.49. The summed E-state index contributed by atoms with van der Waals surface area (Å²) in [7, 11) is 0. The maximum Gasteiger partial charge on any atom is 0.404 e. The monoisotopic (exact) mass is 321 g/mol. The molecule has 1 aliphatic heterocycles. The second-order valence-corrected chi connectivity index (χ2v) is 5.87. The normalized spacial score (nSPS) is 18.7. The lowest BCUT2D eigenvalue weighted by Gasteiger charge is -2.34. The Labute approximate surface area is 133 Å². The summed E-state index contributed by atoms with van der Waals surface area (Å²) in [6.07, 6.45) is -0.883. The molecule has 0 aromatic heterocycles. The van der Waals surface area contributed by atoms with Gasteiger partial charge in [0.2, 0.25) is 0 Å². The second-order valence-electron chi connectivity index (χ2n) is 5.87. The van der Waals surface area contributed by atoms with Crippen LogP contribution in [0.1, 0.15) is 25.8 Å². The summed E-state index contributed by atoms with van der Waals surface area (Å²) >= 11 is 0. The van der Waals surface area contributed by atoms with Crippen LogP contribution in [0.2, 0.25) is 0 Å². The molecule has 1 saturated heterocycles. The van der Waals surface area contributed by atoms with E-state index < -0.39 is 35.8 Å². The molecule has 0 bridgehead atoms. The molecule has 7 heteroatoms. The number of esters is 2.